The summed E-state index contributed by atoms with van der Waals surface area (Å²) in [5, 5.41) is 17.1. The highest BCUT2D eigenvalue weighted by Crippen LogP contribution is 2.44. The molecule has 1 unspecified atom stereocenters. The van der Waals surface area contributed by atoms with Crippen LogP contribution in [0.2, 0.25) is 0 Å². The Morgan fingerprint density at radius 2 is 2.08 bits per heavy atom. The predicted molar refractivity (Wildman–Crippen MR) is 88.7 cm³/mol. The molecule has 4 N–H and O–H groups in total. The van der Waals surface area contributed by atoms with Crippen LogP contribution < -0.4 is 11.1 Å². The molecule has 7 nitrogen and oxygen atoms in total. The third-order valence-electron chi connectivity index (χ3n) is 4.01. The van der Waals surface area contributed by atoms with E-state index in [2.05, 4.69) is 15.5 Å². The van der Waals surface area contributed by atoms with Crippen molar-refractivity contribution in [2.75, 3.05) is 5.73 Å². The number of anilines is 1. The zero-order chi connectivity index (χ0) is 17.5. The van der Waals surface area contributed by atoms with Crippen LogP contribution in [-0.2, 0) is 10.2 Å². The Balaban J connectivity index is 2.35. The minimum atomic E-state index is -1.46. The van der Waals surface area contributed by atoms with E-state index in [-0.39, 0.29) is 5.89 Å². The third kappa shape index (κ3) is 2.34. The Bertz CT molecular complexity index is 881. The quantitative estimate of drug-likeness (QED) is 0.741. The van der Waals surface area contributed by atoms with Gasteiger partial charge in [0.1, 0.15) is 5.41 Å². The minimum Gasteiger partial charge on any atom is -0.480 e. The van der Waals surface area contributed by atoms with Gasteiger partial charge in [-0.15, -0.1) is 0 Å². The van der Waals surface area contributed by atoms with Crippen LogP contribution in [0.25, 0.3) is 5.57 Å². The van der Waals surface area contributed by atoms with Gasteiger partial charge in [-0.25, -0.2) is 0 Å². The second-order valence-electron chi connectivity index (χ2n) is 5.84. The van der Waals surface area contributed by atoms with Crippen LogP contribution in [-0.4, -0.2) is 21.2 Å². The Morgan fingerprint density at radius 1 is 1.33 bits per heavy atom. The Labute approximate surface area is 138 Å². The van der Waals surface area contributed by atoms with Crippen molar-refractivity contribution in [3.8, 4) is 0 Å². The highest BCUT2D eigenvalue weighted by atomic mass is 16.5. The van der Waals surface area contributed by atoms with Gasteiger partial charge in [0.05, 0.1) is 5.57 Å². The van der Waals surface area contributed by atoms with Crippen molar-refractivity contribution in [1.82, 2.24) is 15.5 Å². The smallest absolute Gasteiger partial charge is 0.322 e. The molecule has 2 heterocycles. The fourth-order valence-electron chi connectivity index (χ4n) is 3.12. The number of nitrogen functional groups attached to an aromatic ring is 1. The fourth-order valence-corrected chi connectivity index (χ4v) is 3.12. The Morgan fingerprint density at radius 3 is 2.67 bits per heavy atom. The standard InChI is InChI=1S/C17H18N4O3/c1-9-8-17(16(22)23,12-5-4-6-13(18)7-12)14(10(2)19-9)15-20-11(3)21-24-15/h4-8,19H,18H2,1-3H3,(H,22,23). The van der Waals surface area contributed by atoms with E-state index >= 15 is 0 Å². The number of aliphatic carboxylic acids is 1. The number of nitrogens with one attached hydrogen (secondary N) is 1. The van der Waals surface area contributed by atoms with Crippen molar-refractivity contribution in [1.29, 1.82) is 0 Å². The molecule has 0 saturated carbocycles. The number of hydrogen-bond acceptors (Lipinski definition) is 6. The van der Waals surface area contributed by atoms with Gasteiger partial charge in [0.15, 0.2) is 5.82 Å². The van der Waals surface area contributed by atoms with Crippen molar-refractivity contribution in [2.45, 2.75) is 26.2 Å². The molecule has 0 spiro atoms. The molecule has 0 bridgehead atoms. The average molecular weight is 326 g/mol. The number of carboxylic acids is 1. The van der Waals surface area contributed by atoms with Gasteiger partial charge in [-0.05, 0) is 44.5 Å². The first-order chi connectivity index (χ1) is 11.3. The van der Waals surface area contributed by atoms with Gasteiger partial charge in [0.25, 0.3) is 5.89 Å². The van der Waals surface area contributed by atoms with E-state index in [1.807, 2.05) is 6.92 Å². The van der Waals surface area contributed by atoms with Crippen LogP contribution in [0, 0.1) is 6.92 Å². The zero-order valence-corrected chi connectivity index (χ0v) is 13.6. The summed E-state index contributed by atoms with van der Waals surface area (Å²) in [6, 6.07) is 6.83. The lowest BCUT2D eigenvalue weighted by atomic mass is 9.71. The molecular weight excluding hydrogens is 308 g/mol. The third-order valence-corrected chi connectivity index (χ3v) is 4.01. The summed E-state index contributed by atoms with van der Waals surface area (Å²) in [5.41, 5.74) is 7.20. The molecule has 0 aliphatic carbocycles. The molecule has 1 aliphatic rings. The summed E-state index contributed by atoms with van der Waals surface area (Å²) in [7, 11) is 0. The van der Waals surface area contributed by atoms with Crippen LogP contribution in [0.3, 0.4) is 0 Å². The van der Waals surface area contributed by atoms with Crippen LogP contribution in [0.1, 0.15) is 31.1 Å². The van der Waals surface area contributed by atoms with Crippen LogP contribution in [0.15, 0.2) is 46.3 Å². The van der Waals surface area contributed by atoms with Gasteiger partial charge in [0, 0.05) is 17.1 Å². The second-order valence-corrected chi connectivity index (χ2v) is 5.84. The molecule has 0 radical (unpaired) electrons. The summed E-state index contributed by atoms with van der Waals surface area (Å²) >= 11 is 0. The molecule has 0 amide bonds. The number of nitrogens with two attached hydrogens (primary N) is 1. The Hall–Kier alpha value is -3.09. The van der Waals surface area contributed by atoms with E-state index in [0.29, 0.717) is 28.3 Å². The lowest BCUT2D eigenvalue weighted by Gasteiger charge is -2.34. The maximum Gasteiger partial charge on any atom is 0.322 e. The van der Waals surface area contributed by atoms with E-state index in [0.717, 1.165) is 5.70 Å². The molecule has 2 aromatic rings. The van der Waals surface area contributed by atoms with E-state index < -0.39 is 11.4 Å². The number of dihydropyridines is 1. The fraction of sp³-hybridized carbons (Fsp3) is 0.235. The lowest BCUT2D eigenvalue weighted by Crippen LogP contribution is -2.40. The molecule has 1 aliphatic heterocycles. The number of hydrogen-bond donors (Lipinski definition) is 3. The molecule has 1 atom stereocenters. The van der Waals surface area contributed by atoms with E-state index in [1.54, 1.807) is 44.2 Å². The van der Waals surface area contributed by atoms with Gasteiger partial charge in [-0.3, -0.25) is 4.79 Å². The highest BCUT2D eigenvalue weighted by Gasteiger charge is 2.48. The average Bonchev–Trinajstić information content (AvgIpc) is 2.92. The van der Waals surface area contributed by atoms with E-state index in [4.69, 9.17) is 10.3 Å². The first-order valence-corrected chi connectivity index (χ1v) is 7.42. The van der Waals surface area contributed by atoms with Crippen LogP contribution >= 0.6 is 0 Å². The summed E-state index contributed by atoms with van der Waals surface area (Å²) in [4.78, 5) is 16.7. The number of rotatable bonds is 3. The van der Waals surface area contributed by atoms with E-state index in [9.17, 15) is 9.90 Å². The van der Waals surface area contributed by atoms with Crippen molar-refractivity contribution in [3.63, 3.8) is 0 Å². The maximum absolute atomic E-state index is 12.4. The number of benzene rings is 1. The van der Waals surface area contributed by atoms with Crippen molar-refractivity contribution >= 4 is 17.2 Å². The molecule has 1 aromatic heterocycles. The van der Waals surface area contributed by atoms with Crippen LogP contribution in [0.4, 0.5) is 5.69 Å². The molecule has 124 valence electrons. The molecule has 3 rings (SSSR count). The number of carboxylic acid groups (broad SMARTS) is 1. The van der Waals surface area contributed by atoms with Gasteiger partial charge in [-0.2, -0.15) is 4.98 Å². The summed E-state index contributed by atoms with van der Waals surface area (Å²) in [5.74, 6) is -0.436. The summed E-state index contributed by atoms with van der Waals surface area (Å²) in [6.07, 6.45) is 1.64. The van der Waals surface area contributed by atoms with Crippen LogP contribution in [0.5, 0.6) is 0 Å². The molecule has 0 fully saturated rings. The maximum atomic E-state index is 12.4. The van der Waals surface area contributed by atoms with Crippen molar-refractivity contribution in [3.05, 3.63) is 59.0 Å². The largest absolute Gasteiger partial charge is 0.480 e. The molecule has 0 saturated heterocycles. The molecule has 1 aromatic carbocycles. The van der Waals surface area contributed by atoms with Gasteiger partial charge >= 0.3 is 5.97 Å². The molecule has 7 heteroatoms. The Kier molecular flexibility index (Phi) is 3.63. The summed E-state index contributed by atoms with van der Waals surface area (Å²) < 4.78 is 5.28. The first kappa shape index (κ1) is 15.8. The van der Waals surface area contributed by atoms with Gasteiger partial charge < -0.3 is 20.7 Å². The molecular formula is C17H18N4O3. The lowest BCUT2D eigenvalue weighted by molar-refractivity contribution is -0.140. The normalized spacial score (nSPS) is 20.5. The number of allylic oxidation sites excluding steroid dienone is 2. The first-order valence-electron chi connectivity index (χ1n) is 7.42. The SMILES string of the molecule is CC1=CC(C(=O)O)(c2cccc(N)c2)C(c2nc(C)no2)=C(C)N1. The number of carbonyl (C=O) groups is 1. The predicted octanol–water partition coefficient (Wildman–Crippen LogP) is 2.22. The van der Waals surface area contributed by atoms with Gasteiger partial charge in [-0.1, -0.05) is 17.3 Å². The van der Waals surface area contributed by atoms with E-state index in [1.165, 1.54) is 0 Å². The number of aromatic nitrogens is 2. The molecule has 24 heavy (non-hydrogen) atoms. The topological polar surface area (TPSA) is 114 Å². The summed E-state index contributed by atoms with van der Waals surface area (Å²) in [6.45, 7) is 5.28. The number of nitrogens with zero attached hydrogens (tertiary/aromatic N) is 2. The van der Waals surface area contributed by atoms with Gasteiger partial charge in [0.2, 0.25) is 0 Å². The minimum absolute atomic E-state index is 0.172. The highest BCUT2D eigenvalue weighted by molar-refractivity contribution is 6.01. The zero-order valence-electron chi connectivity index (χ0n) is 13.6. The second kappa shape index (κ2) is 5.52. The number of aryl methyl sites for hydroxylation is 1. The monoisotopic (exact) mass is 326 g/mol. The van der Waals surface area contributed by atoms with Crippen molar-refractivity contribution < 1.29 is 14.4 Å². The van der Waals surface area contributed by atoms with Crippen molar-refractivity contribution in [2.24, 2.45) is 0 Å².